The highest BCUT2D eigenvalue weighted by atomic mass is 16.5. The molecule has 0 saturated heterocycles. The molecule has 1 aromatic rings. The standard InChI is InChI=1S/C13H16N2O3/c1-10(9-14)17-7-8-18-13-6-4-3-5-12(13)11(2)15-16/h3-6,10,16H,7-8H2,1-2H3/b15-11+. The molecule has 0 bridgehead atoms. The SMILES string of the molecule is C/C(=N\O)c1ccccc1OCCOC(C)C#N. The van der Waals surface area contributed by atoms with Crippen LogP contribution in [0.25, 0.3) is 0 Å². The number of hydrogen-bond acceptors (Lipinski definition) is 5. The monoisotopic (exact) mass is 248 g/mol. The van der Waals surface area contributed by atoms with Gasteiger partial charge in [-0.25, -0.2) is 0 Å². The van der Waals surface area contributed by atoms with E-state index in [4.69, 9.17) is 19.9 Å². The van der Waals surface area contributed by atoms with E-state index in [0.717, 1.165) is 5.56 Å². The highest BCUT2D eigenvalue weighted by molar-refractivity contribution is 6.00. The average molecular weight is 248 g/mol. The largest absolute Gasteiger partial charge is 0.490 e. The minimum absolute atomic E-state index is 0.332. The van der Waals surface area contributed by atoms with Crippen molar-refractivity contribution in [2.45, 2.75) is 20.0 Å². The highest BCUT2D eigenvalue weighted by Crippen LogP contribution is 2.18. The summed E-state index contributed by atoms with van der Waals surface area (Å²) in [5.41, 5.74) is 1.21. The number of nitriles is 1. The number of nitrogens with zero attached hydrogens (tertiary/aromatic N) is 2. The number of rotatable bonds is 6. The zero-order chi connectivity index (χ0) is 13.4. The van der Waals surface area contributed by atoms with Gasteiger partial charge < -0.3 is 14.7 Å². The molecule has 1 atom stereocenters. The lowest BCUT2D eigenvalue weighted by Gasteiger charge is -2.11. The third-order valence-corrected chi connectivity index (χ3v) is 2.32. The summed E-state index contributed by atoms with van der Waals surface area (Å²) in [6.45, 7) is 4.03. The van der Waals surface area contributed by atoms with Crippen molar-refractivity contribution in [1.82, 2.24) is 0 Å². The summed E-state index contributed by atoms with van der Waals surface area (Å²) in [5.74, 6) is 0.626. The minimum atomic E-state index is -0.440. The first-order chi connectivity index (χ1) is 8.69. The van der Waals surface area contributed by atoms with Crippen molar-refractivity contribution in [3.8, 4) is 11.8 Å². The van der Waals surface area contributed by atoms with Gasteiger partial charge in [0.25, 0.3) is 0 Å². The summed E-state index contributed by atoms with van der Waals surface area (Å²) in [7, 11) is 0. The molecule has 1 N–H and O–H groups in total. The quantitative estimate of drug-likeness (QED) is 0.362. The predicted octanol–water partition coefficient (Wildman–Crippen LogP) is 2.19. The molecule has 0 amide bonds. The third-order valence-electron chi connectivity index (χ3n) is 2.32. The predicted molar refractivity (Wildman–Crippen MR) is 67.0 cm³/mol. The Morgan fingerprint density at radius 3 is 2.83 bits per heavy atom. The molecule has 96 valence electrons. The van der Waals surface area contributed by atoms with E-state index >= 15 is 0 Å². The van der Waals surface area contributed by atoms with E-state index in [9.17, 15) is 0 Å². The third kappa shape index (κ3) is 4.07. The van der Waals surface area contributed by atoms with E-state index in [-0.39, 0.29) is 0 Å². The molecule has 0 aliphatic heterocycles. The van der Waals surface area contributed by atoms with Crippen LogP contribution in [0.3, 0.4) is 0 Å². The Morgan fingerprint density at radius 1 is 1.44 bits per heavy atom. The van der Waals surface area contributed by atoms with Crippen LogP contribution in [0.1, 0.15) is 19.4 Å². The molecule has 0 fully saturated rings. The summed E-state index contributed by atoms with van der Waals surface area (Å²) in [6.07, 6.45) is -0.440. The van der Waals surface area contributed by atoms with Gasteiger partial charge in [-0.1, -0.05) is 17.3 Å². The maximum Gasteiger partial charge on any atom is 0.141 e. The molecule has 0 aromatic heterocycles. The maximum absolute atomic E-state index is 8.76. The van der Waals surface area contributed by atoms with E-state index in [1.165, 1.54) is 0 Å². The second kappa shape index (κ2) is 7.30. The van der Waals surface area contributed by atoms with E-state index in [1.807, 2.05) is 24.3 Å². The summed E-state index contributed by atoms with van der Waals surface area (Å²) in [4.78, 5) is 0. The van der Waals surface area contributed by atoms with Gasteiger partial charge in [0.05, 0.1) is 18.4 Å². The van der Waals surface area contributed by atoms with Gasteiger partial charge in [-0.05, 0) is 26.0 Å². The molecule has 0 aliphatic carbocycles. The first-order valence-electron chi connectivity index (χ1n) is 5.61. The molecular formula is C13H16N2O3. The topological polar surface area (TPSA) is 74.8 Å². The fourth-order valence-electron chi connectivity index (χ4n) is 1.36. The lowest BCUT2D eigenvalue weighted by atomic mass is 10.1. The number of para-hydroxylation sites is 1. The van der Waals surface area contributed by atoms with Crippen LogP contribution >= 0.6 is 0 Å². The van der Waals surface area contributed by atoms with Crippen molar-refractivity contribution < 1.29 is 14.7 Å². The van der Waals surface area contributed by atoms with Crippen molar-refractivity contribution in [3.63, 3.8) is 0 Å². The lowest BCUT2D eigenvalue weighted by molar-refractivity contribution is 0.0743. The van der Waals surface area contributed by atoms with Crippen LogP contribution in [-0.2, 0) is 4.74 Å². The van der Waals surface area contributed by atoms with Crippen LogP contribution in [0.4, 0.5) is 0 Å². The number of ether oxygens (including phenoxy) is 2. The Hall–Kier alpha value is -2.06. The van der Waals surface area contributed by atoms with Gasteiger partial charge in [0.1, 0.15) is 18.5 Å². The van der Waals surface area contributed by atoms with E-state index < -0.39 is 6.10 Å². The van der Waals surface area contributed by atoms with Crippen LogP contribution in [0, 0.1) is 11.3 Å². The molecule has 1 aromatic carbocycles. The smallest absolute Gasteiger partial charge is 0.141 e. The molecule has 5 nitrogen and oxygen atoms in total. The fourth-order valence-corrected chi connectivity index (χ4v) is 1.36. The Balaban J connectivity index is 2.55. The minimum Gasteiger partial charge on any atom is -0.490 e. The van der Waals surface area contributed by atoms with Gasteiger partial charge in [-0.15, -0.1) is 0 Å². The van der Waals surface area contributed by atoms with E-state index in [2.05, 4.69) is 5.16 Å². The van der Waals surface area contributed by atoms with Gasteiger partial charge in [0.15, 0.2) is 0 Å². The normalized spacial score (nSPS) is 12.8. The number of oxime groups is 1. The molecule has 18 heavy (non-hydrogen) atoms. The van der Waals surface area contributed by atoms with Crippen molar-refractivity contribution in [3.05, 3.63) is 29.8 Å². The average Bonchev–Trinajstić information content (AvgIpc) is 2.42. The summed E-state index contributed by atoms with van der Waals surface area (Å²) >= 11 is 0. The first-order valence-corrected chi connectivity index (χ1v) is 5.61. The Morgan fingerprint density at radius 2 is 2.17 bits per heavy atom. The van der Waals surface area contributed by atoms with Gasteiger partial charge in [0, 0.05) is 5.56 Å². The van der Waals surface area contributed by atoms with E-state index in [1.54, 1.807) is 19.9 Å². The summed E-state index contributed by atoms with van der Waals surface area (Å²) in [5, 5.41) is 20.5. The van der Waals surface area contributed by atoms with Crippen LogP contribution in [-0.4, -0.2) is 30.2 Å². The van der Waals surface area contributed by atoms with Gasteiger partial charge in [0.2, 0.25) is 0 Å². The molecular weight excluding hydrogens is 232 g/mol. The molecule has 0 radical (unpaired) electrons. The molecule has 0 spiro atoms. The second-order valence-electron chi connectivity index (χ2n) is 3.67. The zero-order valence-corrected chi connectivity index (χ0v) is 10.5. The van der Waals surface area contributed by atoms with Crippen molar-refractivity contribution in [2.24, 2.45) is 5.16 Å². The molecule has 0 saturated carbocycles. The van der Waals surface area contributed by atoms with Crippen LogP contribution in [0.15, 0.2) is 29.4 Å². The van der Waals surface area contributed by atoms with Crippen molar-refractivity contribution in [1.29, 1.82) is 5.26 Å². The van der Waals surface area contributed by atoms with Gasteiger partial charge >= 0.3 is 0 Å². The highest BCUT2D eigenvalue weighted by Gasteiger charge is 2.06. The van der Waals surface area contributed by atoms with Crippen molar-refractivity contribution >= 4 is 5.71 Å². The number of benzene rings is 1. The fraction of sp³-hybridized carbons (Fsp3) is 0.385. The summed E-state index contributed by atoms with van der Waals surface area (Å²) < 4.78 is 10.7. The zero-order valence-electron chi connectivity index (χ0n) is 10.5. The lowest BCUT2D eigenvalue weighted by Crippen LogP contribution is -2.13. The molecule has 0 heterocycles. The second-order valence-corrected chi connectivity index (χ2v) is 3.67. The van der Waals surface area contributed by atoms with Crippen LogP contribution in [0.2, 0.25) is 0 Å². The van der Waals surface area contributed by atoms with Crippen molar-refractivity contribution in [2.75, 3.05) is 13.2 Å². The van der Waals surface area contributed by atoms with E-state index in [0.29, 0.717) is 24.7 Å². The van der Waals surface area contributed by atoms with Gasteiger partial charge in [-0.2, -0.15) is 5.26 Å². The Labute approximate surface area is 106 Å². The maximum atomic E-state index is 8.76. The van der Waals surface area contributed by atoms with Gasteiger partial charge in [-0.3, -0.25) is 0 Å². The Bertz CT molecular complexity index is 452. The Kier molecular flexibility index (Phi) is 5.68. The first kappa shape index (κ1) is 14.0. The number of hydrogen-bond donors (Lipinski definition) is 1. The molecule has 5 heteroatoms. The molecule has 1 unspecified atom stereocenters. The molecule has 0 aliphatic rings. The van der Waals surface area contributed by atoms with Crippen LogP contribution in [0.5, 0.6) is 5.75 Å². The summed E-state index contributed by atoms with van der Waals surface area (Å²) in [6, 6.07) is 9.24. The molecule has 1 rings (SSSR count). The van der Waals surface area contributed by atoms with Crippen LogP contribution < -0.4 is 4.74 Å².